The highest BCUT2D eigenvalue weighted by atomic mass is 32.1. The molecule has 1 aliphatic heterocycles. The molecule has 0 radical (unpaired) electrons. The minimum absolute atomic E-state index is 0.0336. The van der Waals surface area contributed by atoms with E-state index in [0.29, 0.717) is 17.1 Å². The van der Waals surface area contributed by atoms with Crippen molar-refractivity contribution < 1.29 is 19.2 Å². The highest BCUT2D eigenvalue weighted by Crippen LogP contribution is 2.38. The zero-order valence-electron chi connectivity index (χ0n) is 16.4. The first kappa shape index (κ1) is 20.5. The van der Waals surface area contributed by atoms with Crippen LogP contribution in [-0.2, 0) is 17.6 Å². The first-order valence-corrected chi connectivity index (χ1v) is 10.9. The SMILES string of the molecule is O=C(Nc1sc2c(c1C(=O)NC[C@H]1CCCO1)CCCC2)c1cccc([N+](=O)[O-])c1. The van der Waals surface area contributed by atoms with Crippen molar-refractivity contribution >= 4 is 33.8 Å². The number of anilines is 1. The van der Waals surface area contributed by atoms with Crippen molar-refractivity contribution in [3.05, 3.63) is 55.9 Å². The molecule has 2 N–H and O–H groups in total. The molecule has 8 nitrogen and oxygen atoms in total. The highest BCUT2D eigenvalue weighted by molar-refractivity contribution is 7.17. The third kappa shape index (κ3) is 4.36. The van der Waals surface area contributed by atoms with E-state index in [-0.39, 0.29) is 23.3 Å². The van der Waals surface area contributed by atoms with Gasteiger partial charge in [0.15, 0.2) is 0 Å². The second-order valence-electron chi connectivity index (χ2n) is 7.52. The number of nitrogens with zero attached hydrogens (tertiary/aromatic N) is 1. The zero-order chi connectivity index (χ0) is 21.1. The number of rotatable bonds is 6. The van der Waals surface area contributed by atoms with Crippen molar-refractivity contribution in [1.29, 1.82) is 0 Å². The first-order chi connectivity index (χ1) is 14.5. The van der Waals surface area contributed by atoms with E-state index in [0.717, 1.165) is 55.6 Å². The summed E-state index contributed by atoms with van der Waals surface area (Å²) in [6, 6.07) is 5.57. The lowest BCUT2D eigenvalue weighted by molar-refractivity contribution is -0.384. The molecular weight excluding hydrogens is 406 g/mol. The quantitative estimate of drug-likeness (QED) is 0.537. The van der Waals surface area contributed by atoms with Gasteiger partial charge in [0.05, 0.1) is 16.6 Å². The number of nitro groups is 1. The van der Waals surface area contributed by atoms with Crippen LogP contribution in [0.1, 0.15) is 56.8 Å². The normalized spacial score (nSPS) is 17.9. The molecule has 0 spiro atoms. The Bertz CT molecular complexity index is 981. The molecule has 1 saturated heterocycles. The van der Waals surface area contributed by atoms with E-state index in [1.807, 2.05) is 0 Å². The molecule has 9 heteroatoms. The average Bonchev–Trinajstić information content (AvgIpc) is 3.39. The minimum Gasteiger partial charge on any atom is -0.376 e. The molecule has 2 aromatic rings. The van der Waals surface area contributed by atoms with Gasteiger partial charge in [-0.15, -0.1) is 11.3 Å². The van der Waals surface area contributed by atoms with Crippen LogP contribution in [-0.4, -0.2) is 36.0 Å². The number of thiophene rings is 1. The minimum atomic E-state index is -0.537. The van der Waals surface area contributed by atoms with Gasteiger partial charge in [0.2, 0.25) is 0 Å². The van der Waals surface area contributed by atoms with Crippen LogP contribution in [0.4, 0.5) is 10.7 Å². The van der Waals surface area contributed by atoms with Gasteiger partial charge in [-0.3, -0.25) is 19.7 Å². The van der Waals surface area contributed by atoms with E-state index in [1.54, 1.807) is 0 Å². The number of nitrogens with one attached hydrogen (secondary N) is 2. The maximum atomic E-state index is 13.0. The number of nitro benzene ring substituents is 1. The van der Waals surface area contributed by atoms with Crippen molar-refractivity contribution in [3.8, 4) is 0 Å². The summed E-state index contributed by atoms with van der Waals surface area (Å²) in [5.41, 5.74) is 1.56. The van der Waals surface area contributed by atoms with Gasteiger partial charge in [-0.05, 0) is 50.2 Å². The molecule has 1 atom stereocenters. The average molecular weight is 429 g/mol. The Morgan fingerprint density at radius 2 is 2.03 bits per heavy atom. The number of ether oxygens (including phenoxy) is 1. The van der Waals surface area contributed by atoms with E-state index >= 15 is 0 Å². The van der Waals surface area contributed by atoms with Gasteiger partial charge in [-0.2, -0.15) is 0 Å². The Morgan fingerprint density at radius 1 is 1.20 bits per heavy atom. The first-order valence-electron chi connectivity index (χ1n) is 10.1. The second-order valence-corrected chi connectivity index (χ2v) is 8.63. The number of aryl methyl sites for hydroxylation is 1. The van der Waals surface area contributed by atoms with Gasteiger partial charge in [0.25, 0.3) is 17.5 Å². The van der Waals surface area contributed by atoms with Crippen LogP contribution in [0, 0.1) is 10.1 Å². The molecule has 0 bridgehead atoms. The van der Waals surface area contributed by atoms with Gasteiger partial charge in [0.1, 0.15) is 5.00 Å². The van der Waals surface area contributed by atoms with Crippen LogP contribution in [0.3, 0.4) is 0 Å². The Labute approximate surface area is 177 Å². The number of fused-ring (bicyclic) bond motifs is 1. The van der Waals surface area contributed by atoms with Crippen molar-refractivity contribution in [2.75, 3.05) is 18.5 Å². The number of non-ortho nitro benzene ring substituents is 1. The Balaban J connectivity index is 1.57. The fraction of sp³-hybridized carbons (Fsp3) is 0.429. The smallest absolute Gasteiger partial charge is 0.270 e. The lowest BCUT2D eigenvalue weighted by Gasteiger charge is -2.15. The summed E-state index contributed by atoms with van der Waals surface area (Å²) in [7, 11) is 0. The molecule has 2 heterocycles. The molecule has 158 valence electrons. The summed E-state index contributed by atoms with van der Waals surface area (Å²) in [5, 5.41) is 17.3. The monoisotopic (exact) mass is 429 g/mol. The summed E-state index contributed by atoms with van der Waals surface area (Å²) >= 11 is 1.42. The molecule has 1 aliphatic carbocycles. The van der Waals surface area contributed by atoms with Crippen LogP contribution in [0.2, 0.25) is 0 Å². The van der Waals surface area contributed by atoms with Crippen LogP contribution < -0.4 is 10.6 Å². The molecule has 2 aliphatic rings. The summed E-state index contributed by atoms with van der Waals surface area (Å²) in [6.07, 6.45) is 5.72. The Kier molecular flexibility index (Phi) is 6.10. The van der Waals surface area contributed by atoms with Gasteiger partial charge < -0.3 is 15.4 Å². The summed E-state index contributed by atoms with van der Waals surface area (Å²) < 4.78 is 5.58. The van der Waals surface area contributed by atoms with Gasteiger partial charge in [-0.25, -0.2) is 0 Å². The third-order valence-electron chi connectivity index (χ3n) is 5.46. The van der Waals surface area contributed by atoms with Crippen LogP contribution in [0.15, 0.2) is 24.3 Å². The molecule has 4 rings (SSSR count). The molecule has 2 amide bonds. The molecule has 1 aromatic carbocycles. The van der Waals surface area contributed by atoms with Gasteiger partial charge in [0, 0.05) is 35.7 Å². The number of carbonyl (C=O) groups is 2. The van der Waals surface area contributed by atoms with E-state index in [4.69, 9.17) is 4.74 Å². The molecule has 1 aromatic heterocycles. The molecule has 0 unspecified atom stereocenters. The van der Waals surface area contributed by atoms with E-state index in [1.165, 1.54) is 35.6 Å². The topological polar surface area (TPSA) is 111 Å². The fourth-order valence-corrected chi connectivity index (χ4v) is 5.21. The maximum absolute atomic E-state index is 13.0. The van der Waals surface area contributed by atoms with Crippen LogP contribution in [0.25, 0.3) is 0 Å². The molecule has 0 saturated carbocycles. The number of benzene rings is 1. The predicted octanol–water partition coefficient (Wildman–Crippen LogP) is 3.70. The number of carbonyl (C=O) groups excluding carboxylic acids is 2. The van der Waals surface area contributed by atoms with E-state index in [2.05, 4.69) is 10.6 Å². The fourth-order valence-electron chi connectivity index (χ4n) is 3.93. The Morgan fingerprint density at radius 3 is 2.80 bits per heavy atom. The van der Waals surface area contributed by atoms with E-state index < -0.39 is 10.8 Å². The van der Waals surface area contributed by atoms with Gasteiger partial charge in [-0.1, -0.05) is 6.07 Å². The van der Waals surface area contributed by atoms with Crippen molar-refractivity contribution in [2.45, 2.75) is 44.6 Å². The lowest BCUT2D eigenvalue weighted by Crippen LogP contribution is -2.32. The summed E-state index contributed by atoms with van der Waals surface area (Å²) in [6.45, 7) is 1.17. The third-order valence-corrected chi connectivity index (χ3v) is 6.67. The highest BCUT2D eigenvalue weighted by Gasteiger charge is 2.27. The number of hydrogen-bond donors (Lipinski definition) is 2. The van der Waals surface area contributed by atoms with Crippen molar-refractivity contribution in [1.82, 2.24) is 5.32 Å². The van der Waals surface area contributed by atoms with Crippen LogP contribution in [0.5, 0.6) is 0 Å². The van der Waals surface area contributed by atoms with Crippen LogP contribution >= 0.6 is 11.3 Å². The second kappa shape index (κ2) is 8.93. The molecule has 30 heavy (non-hydrogen) atoms. The van der Waals surface area contributed by atoms with E-state index in [9.17, 15) is 19.7 Å². The standard InChI is InChI=1S/C21H23N3O5S/c25-19(13-5-3-6-14(11-13)24(27)28)23-21-18(16-8-1-2-9-17(16)30-21)20(26)22-12-15-7-4-10-29-15/h3,5-6,11,15H,1-2,4,7-10,12H2,(H,22,26)(H,23,25)/t15-/m1/s1. The lowest BCUT2D eigenvalue weighted by atomic mass is 9.95. The largest absolute Gasteiger partial charge is 0.376 e. The maximum Gasteiger partial charge on any atom is 0.270 e. The molecule has 1 fully saturated rings. The Hall–Kier alpha value is -2.78. The van der Waals surface area contributed by atoms with Crippen molar-refractivity contribution in [3.63, 3.8) is 0 Å². The van der Waals surface area contributed by atoms with Crippen molar-refractivity contribution in [2.24, 2.45) is 0 Å². The van der Waals surface area contributed by atoms with Gasteiger partial charge >= 0.3 is 0 Å². The zero-order valence-corrected chi connectivity index (χ0v) is 17.3. The number of hydrogen-bond acceptors (Lipinski definition) is 6. The summed E-state index contributed by atoms with van der Waals surface area (Å²) in [5.74, 6) is -0.676. The number of amides is 2. The molecular formula is C21H23N3O5S. The summed E-state index contributed by atoms with van der Waals surface area (Å²) in [4.78, 5) is 37.4. The predicted molar refractivity (Wildman–Crippen MR) is 113 cm³/mol.